The molecule has 1 fully saturated rings. The largest absolute Gasteiger partial charge is 0.467 e. The molecule has 0 bridgehead atoms. The zero-order chi connectivity index (χ0) is 22.0. The minimum atomic E-state index is -3.73. The van der Waals surface area contributed by atoms with Crippen LogP contribution in [0.1, 0.15) is 37.5 Å². The van der Waals surface area contributed by atoms with Gasteiger partial charge in [0, 0.05) is 32.2 Å². The predicted octanol–water partition coefficient (Wildman–Crippen LogP) is 2.30. The van der Waals surface area contributed by atoms with Crippen molar-refractivity contribution in [3.8, 4) is 0 Å². The van der Waals surface area contributed by atoms with Crippen molar-refractivity contribution in [1.29, 1.82) is 0 Å². The molecule has 1 aromatic heterocycles. The van der Waals surface area contributed by atoms with Crippen LogP contribution in [-0.2, 0) is 32.6 Å². The first-order chi connectivity index (χ1) is 14.9. The Hall–Kier alpha value is -2.65. The van der Waals surface area contributed by atoms with E-state index >= 15 is 0 Å². The third-order valence-corrected chi connectivity index (χ3v) is 7.82. The number of nitrogens with zero attached hydrogens (tertiary/aromatic N) is 2. The van der Waals surface area contributed by atoms with Gasteiger partial charge in [0.2, 0.25) is 21.8 Å². The molecule has 0 spiro atoms. The fourth-order valence-corrected chi connectivity index (χ4v) is 5.89. The summed E-state index contributed by atoms with van der Waals surface area (Å²) in [7, 11) is -3.73. The van der Waals surface area contributed by atoms with Crippen LogP contribution in [-0.4, -0.2) is 44.2 Å². The summed E-state index contributed by atoms with van der Waals surface area (Å²) in [5, 5.41) is 2.83. The maximum atomic E-state index is 13.3. The number of furan rings is 1. The molecule has 2 aliphatic heterocycles. The number of piperidine rings is 1. The van der Waals surface area contributed by atoms with Gasteiger partial charge in [0.05, 0.1) is 23.6 Å². The van der Waals surface area contributed by atoms with Crippen LogP contribution in [0.4, 0.5) is 5.69 Å². The maximum Gasteiger partial charge on any atom is 0.243 e. The van der Waals surface area contributed by atoms with Crippen molar-refractivity contribution in [3.05, 3.63) is 47.9 Å². The van der Waals surface area contributed by atoms with Gasteiger partial charge in [-0.2, -0.15) is 4.31 Å². The molecule has 0 radical (unpaired) electrons. The predicted molar refractivity (Wildman–Crippen MR) is 115 cm³/mol. The van der Waals surface area contributed by atoms with Gasteiger partial charge in [-0.05, 0) is 61.6 Å². The number of aryl methyl sites for hydroxylation is 1. The minimum Gasteiger partial charge on any atom is -0.467 e. The van der Waals surface area contributed by atoms with E-state index in [-0.39, 0.29) is 29.8 Å². The van der Waals surface area contributed by atoms with Crippen molar-refractivity contribution in [3.63, 3.8) is 0 Å². The third kappa shape index (κ3) is 4.52. The first kappa shape index (κ1) is 21.6. The number of carbonyl (C=O) groups is 2. The highest BCUT2D eigenvalue weighted by Gasteiger charge is 2.34. The van der Waals surface area contributed by atoms with Crippen LogP contribution in [0.25, 0.3) is 0 Å². The standard InChI is InChI=1S/C22H27N3O5S/c1-16(26)25-11-3-5-17-13-20(8-9-21(17)25)31(28,29)24-10-2-6-18(15-24)22(27)23-14-19-7-4-12-30-19/h4,7-9,12-13,18H,2-3,5-6,10-11,14-15H2,1H3,(H,23,27). The van der Waals surface area contributed by atoms with Crippen molar-refractivity contribution in [1.82, 2.24) is 9.62 Å². The number of rotatable bonds is 5. The average molecular weight is 446 g/mol. The van der Waals surface area contributed by atoms with Crippen LogP contribution >= 0.6 is 0 Å². The SMILES string of the molecule is CC(=O)N1CCCc2cc(S(=O)(=O)N3CCCC(C(=O)NCc4ccco4)C3)ccc21. The molecule has 166 valence electrons. The van der Waals surface area contributed by atoms with Gasteiger partial charge in [-0.3, -0.25) is 9.59 Å². The van der Waals surface area contributed by atoms with E-state index in [2.05, 4.69) is 5.32 Å². The lowest BCUT2D eigenvalue weighted by Crippen LogP contribution is -2.45. The van der Waals surface area contributed by atoms with Crippen LogP contribution in [0.5, 0.6) is 0 Å². The van der Waals surface area contributed by atoms with Crippen LogP contribution in [0.3, 0.4) is 0 Å². The Morgan fingerprint density at radius 2 is 2.03 bits per heavy atom. The molecular weight excluding hydrogens is 418 g/mol. The molecule has 0 aliphatic carbocycles. The lowest BCUT2D eigenvalue weighted by Gasteiger charge is -2.32. The van der Waals surface area contributed by atoms with Crippen LogP contribution in [0.15, 0.2) is 45.9 Å². The number of hydrogen-bond acceptors (Lipinski definition) is 5. The number of fused-ring (bicyclic) bond motifs is 1. The Morgan fingerprint density at radius 3 is 2.77 bits per heavy atom. The number of anilines is 1. The number of hydrogen-bond donors (Lipinski definition) is 1. The summed E-state index contributed by atoms with van der Waals surface area (Å²) in [4.78, 5) is 26.4. The smallest absolute Gasteiger partial charge is 0.243 e. The van der Waals surface area contributed by atoms with E-state index in [1.54, 1.807) is 41.5 Å². The Balaban J connectivity index is 1.48. The number of amides is 2. The van der Waals surface area contributed by atoms with Gasteiger partial charge in [0.1, 0.15) is 5.76 Å². The van der Waals surface area contributed by atoms with E-state index in [4.69, 9.17) is 4.42 Å². The third-order valence-electron chi connectivity index (χ3n) is 5.96. The molecule has 0 saturated carbocycles. The van der Waals surface area contributed by atoms with Gasteiger partial charge >= 0.3 is 0 Å². The second kappa shape index (κ2) is 8.84. The molecule has 1 atom stereocenters. The van der Waals surface area contributed by atoms with E-state index in [0.29, 0.717) is 31.7 Å². The molecule has 31 heavy (non-hydrogen) atoms. The molecule has 4 rings (SSSR count). The van der Waals surface area contributed by atoms with Crippen molar-refractivity contribution < 1.29 is 22.4 Å². The Kier molecular flexibility index (Phi) is 6.15. The first-order valence-corrected chi connectivity index (χ1v) is 12.0. The average Bonchev–Trinajstić information content (AvgIpc) is 3.30. The molecule has 1 saturated heterocycles. The van der Waals surface area contributed by atoms with Gasteiger partial charge in [-0.1, -0.05) is 0 Å². The summed E-state index contributed by atoms with van der Waals surface area (Å²) in [5.41, 5.74) is 1.65. The van der Waals surface area contributed by atoms with Crippen molar-refractivity contribution in [2.45, 2.75) is 44.0 Å². The Bertz CT molecular complexity index is 1060. The summed E-state index contributed by atoms with van der Waals surface area (Å²) < 4.78 is 33.2. The van der Waals surface area contributed by atoms with E-state index in [0.717, 1.165) is 24.1 Å². The molecule has 1 unspecified atom stereocenters. The normalized spacial score (nSPS) is 19.6. The van der Waals surface area contributed by atoms with Gasteiger partial charge in [-0.25, -0.2) is 8.42 Å². The highest BCUT2D eigenvalue weighted by Crippen LogP contribution is 2.31. The van der Waals surface area contributed by atoms with Crippen molar-refractivity contribution in [2.24, 2.45) is 5.92 Å². The highest BCUT2D eigenvalue weighted by molar-refractivity contribution is 7.89. The summed E-state index contributed by atoms with van der Waals surface area (Å²) >= 11 is 0. The number of nitrogens with one attached hydrogen (secondary N) is 1. The fraction of sp³-hybridized carbons (Fsp3) is 0.455. The monoisotopic (exact) mass is 445 g/mol. The second-order valence-electron chi connectivity index (χ2n) is 8.06. The van der Waals surface area contributed by atoms with Crippen molar-refractivity contribution >= 4 is 27.5 Å². The summed E-state index contributed by atoms with van der Waals surface area (Å²) in [6, 6.07) is 8.50. The Labute approximate surface area is 182 Å². The summed E-state index contributed by atoms with van der Waals surface area (Å²) in [5.74, 6) is 0.0430. The van der Waals surface area contributed by atoms with Crippen LogP contribution in [0.2, 0.25) is 0 Å². The minimum absolute atomic E-state index is 0.0454. The molecule has 9 heteroatoms. The van der Waals surface area contributed by atoms with Crippen LogP contribution in [0, 0.1) is 5.92 Å². The van der Waals surface area contributed by atoms with Crippen molar-refractivity contribution in [2.75, 3.05) is 24.5 Å². The summed E-state index contributed by atoms with van der Waals surface area (Å²) in [6.07, 6.45) is 4.36. The molecule has 1 N–H and O–H groups in total. The van der Waals surface area contributed by atoms with E-state index in [9.17, 15) is 18.0 Å². The summed E-state index contributed by atoms with van der Waals surface area (Å²) in [6.45, 7) is 3.00. The zero-order valence-electron chi connectivity index (χ0n) is 17.5. The molecule has 8 nitrogen and oxygen atoms in total. The molecule has 1 aromatic carbocycles. The van der Waals surface area contributed by atoms with Gasteiger partial charge < -0.3 is 14.6 Å². The lowest BCUT2D eigenvalue weighted by atomic mass is 9.99. The number of carbonyl (C=O) groups excluding carboxylic acids is 2. The topological polar surface area (TPSA) is 99.9 Å². The fourth-order valence-electron chi connectivity index (χ4n) is 4.32. The van der Waals surface area contributed by atoms with E-state index in [1.807, 2.05) is 0 Å². The van der Waals surface area contributed by atoms with Crippen LogP contribution < -0.4 is 10.2 Å². The van der Waals surface area contributed by atoms with Gasteiger partial charge in [-0.15, -0.1) is 0 Å². The van der Waals surface area contributed by atoms with E-state index < -0.39 is 15.9 Å². The van der Waals surface area contributed by atoms with Gasteiger partial charge in [0.25, 0.3) is 0 Å². The first-order valence-electron chi connectivity index (χ1n) is 10.6. The van der Waals surface area contributed by atoms with Gasteiger partial charge in [0.15, 0.2) is 0 Å². The number of sulfonamides is 1. The lowest BCUT2D eigenvalue weighted by molar-refractivity contribution is -0.126. The molecule has 2 aromatic rings. The molecule has 2 amide bonds. The highest BCUT2D eigenvalue weighted by atomic mass is 32.2. The number of benzene rings is 1. The Morgan fingerprint density at radius 1 is 1.19 bits per heavy atom. The molecule has 3 heterocycles. The molecule has 2 aliphatic rings. The second-order valence-corrected chi connectivity index (χ2v) is 10.0. The zero-order valence-corrected chi connectivity index (χ0v) is 18.4. The quantitative estimate of drug-likeness (QED) is 0.761. The van der Waals surface area contributed by atoms with E-state index in [1.165, 1.54) is 11.2 Å². The maximum absolute atomic E-state index is 13.3. The molecular formula is C22H27N3O5S.